The van der Waals surface area contributed by atoms with E-state index in [1.54, 1.807) is 11.8 Å². The molecule has 1 aliphatic carbocycles. The van der Waals surface area contributed by atoms with Crippen molar-refractivity contribution in [1.29, 1.82) is 5.26 Å². The molecule has 3 atom stereocenters. The molecular weight excluding hydrogens is 529 g/mol. The molecule has 4 nitrogen and oxygen atoms in total. The number of amides is 1. The monoisotopic (exact) mass is 571 g/mol. The maximum Gasteiger partial charge on any atom is 0.264 e. The maximum atomic E-state index is 13.4. The lowest BCUT2D eigenvalue weighted by atomic mass is 9.76. The second kappa shape index (κ2) is 13.6. The lowest BCUT2D eigenvalue weighted by molar-refractivity contribution is -0.128. The molecule has 0 bridgehead atoms. The zero-order valence-corrected chi connectivity index (χ0v) is 22.9. The molecule has 0 aromatic heterocycles. The molecule has 2 heterocycles. The van der Waals surface area contributed by atoms with E-state index in [9.17, 15) is 10.1 Å². The van der Waals surface area contributed by atoms with Gasteiger partial charge in [-0.05, 0) is 73.2 Å². The van der Waals surface area contributed by atoms with Gasteiger partial charge in [0.15, 0.2) is 0 Å². The van der Waals surface area contributed by atoms with Crippen LogP contribution >= 0.6 is 34.4 Å². The van der Waals surface area contributed by atoms with Gasteiger partial charge >= 0.3 is 0 Å². The number of carbonyl (C=O) groups excluding carboxylic acids is 1. The Hall–Kier alpha value is -0.260. The molecule has 0 radical (unpaired) electrons. The van der Waals surface area contributed by atoms with Crippen LogP contribution in [0.4, 0.5) is 0 Å². The number of likely N-dealkylation sites (tertiary alicyclic amines) is 1. The van der Waals surface area contributed by atoms with Gasteiger partial charge in [0.1, 0.15) is 11.6 Å². The second-order valence-electron chi connectivity index (χ2n) is 10.4. The number of nitriles is 1. The van der Waals surface area contributed by atoms with Crippen LogP contribution in [0.3, 0.4) is 0 Å². The van der Waals surface area contributed by atoms with Crippen molar-refractivity contribution in [3.63, 3.8) is 0 Å². The Labute approximate surface area is 213 Å². The largest absolute Gasteiger partial charge is 0.335 e. The third kappa shape index (κ3) is 7.63. The minimum Gasteiger partial charge on any atom is -0.335 e. The average Bonchev–Trinajstić information content (AvgIpc) is 3.44. The predicted octanol–water partition coefficient (Wildman–Crippen LogP) is 6.45. The summed E-state index contributed by atoms with van der Waals surface area (Å²) in [6.45, 7) is 4.27. The zero-order valence-electron chi connectivity index (χ0n) is 19.9. The van der Waals surface area contributed by atoms with E-state index < -0.39 is 0 Å². The highest BCUT2D eigenvalue weighted by Gasteiger charge is 2.36. The normalized spacial score (nSPS) is 27.2. The first-order valence-electron chi connectivity index (χ1n) is 12.9. The molecule has 1 N–H and O–H groups in total. The number of nitrogens with zero attached hydrogens (tertiary/aromatic N) is 2. The Balaban J connectivity index is 1.63. The van der Waals surface area contributed by atoms with Gasteiger partial charge in [-0.1, -0.05) is 61.6 Å². The van der Waals surface area contributed by atoms with Crippen molar-refractivity contribution < 1.29 is 4.79 Å². The van der Waals surface area contributed by atoms with Gasteiger partial charge in [-0.3, -0.25) is 4.79 Å². The zero-order chi connectivity index (χ0) is 22.8. The first-order chi connectivity index (χ1) is 15.6. The van der Waals surface area contributed by atoms with Gasteiger partial charge in [0.2, 0.25) is 0 Å². The molecule has 3 rings (SSSR count). The lowest BCUT2D eigenvalue weighted by Crippen LogP contribution is -2.41. The lowest BCUT2D eigenvalue weighted by Gasteiger charge is -2.33. The van der Waals surface area contributed by atoms with Crippen LogP contribution in [0.5, 0.6) is 0 Å². The number of carbonyl (C=O) groups is 1. The van der Waals surface area contributed by atoms with Crippen LogP contribution in [0.2, 0.25) is 0 Å². The number of halogens is 1. The number of nitrogens with one attached hydrogen (secondary N) is 1. The fraction of sp³-hybridized carbons (Fsp3) is 0.846. The smallest absolute Gasteiger partial charge is 0.264 e. The summed E-state index contributed by atoms with van der Waals surface area (Å²) in [5.74, 6) is 1.58. The van der Waals surface area contributed by atoms with Crippen LogP contribution in [0, 0.1) is 22.7 Å². The molecule has 2 aliphatic heterocycles. The number of rotatable bonds is 10. The molecule has 1 saturated carbocycles. The summed E-state index contributed by atoms with van der Waals surface area (Å²) in [6.07, 6.45) is 18.7. The van der Waals surface area contributed by atoms with Crippen LogP contribution in [0.15, 0.2) is 11.6 Å². The summed E-state index contributed by atoms with van der Waals surface area (Å²) in [5, 5.41) is 13.2. The molecule has 32 heavy (non-hydrogen) atoms. The fourth-order valence-electron chi connectivity index (χ4n) is 6.04. The third-order valence-corrected chi connectivity index (χ3v) is 9.76. The molecule has 0 spiro atoms. The molecule has 1 amide bonds. The molecule has 6 heteroatoms. The molecular formula is C26H42IN3OS. The van der Waals surface area contributed by atoms with E-state index in [0.29, 0.717) is 22.9 Å². The molecule has 180 valence electrons. The van der Waals surface area contributed by atoms with Gasteiger partial charge in [-0.25, -0.2) is 0 Å². The summed E-state index contributed by atoms with van der Waals surface area (Å²) in [4.78, 5) is 15.4. The summed E-state index contributed by atoms with van der Waals surface area (Å²) in [7, 11) is 0. The van der Waals surface area contributed by atoms with Gasteiger partial charge in [-0.15, -0.1) is 11.8 Å². The Morgan fingerprint density at radius 1 is 1.25 bits per heavy atom. The van der Waals surface area contributed by atoms with Crippen molar-refractivity contribution in [3.05, 3.63) is 11.6 Å². The van der Waals surface area contributed by atoms with E-state index in [1.807, 2.05) is 6.08 Å². The number of alkyl halides is 1. The van der Waals surface area contributed by atoms with E-state index in [0.717, 1.165) is 31.7 Å². The molecule has 0 aromatic rings. The van der Waals surface area contributed by atoms with Gasteiger partial charge in [0.25, 0.3) is 5.91 Å². The van der Waals surface area contributed by atoms with Crippen LogP contribution in [-0.2, 0) is 4.79 Å². The first kappa shape index (κ1) is 26.3. The number of thioether (sulfide) groups is 1. The average molecular weight is 572 g/mol. The summed E-state index contributed by atoms with van der Waals surface area (Å²) >= 11 is 4.26. The van der Waals surface area contributed by atoms with Gasteiger partial charge < -0.3 is 10.2 Å². The Morgan fingerprint density at radius 3 is 2.66 bits per heavy atom. The third-order valence-electron chi connectivity index (χ3n) is 7.89. The van der Waals surface area contributed by atoms with Gasteiger partial charge in [-0.2, -0.15) is 5.26 Å². The molecule has 3 fully saturated rings. The molecule has 3 aliphatic rings. The van der Waals surface area contributed by atoms with Crippen molar-refractivity contribution in [2.45, 2.75) is 102 Å². The first-order valence-corrected chi connectivity index (χ1v) is 15.5. The molecule has 3 unspecified atom stereocenters. The van der Waals surface area contributed by atoms with Crippen molar-refractivity contribution in [3.8, 4) is 6.07 Å². The predicted molar refractivity (Wildman–Crippen MR) is 144 cm³/mol. The SMILES string of the molecule is CC1(CCCC(CCCI)C2CCCN2C(=O)/C(C#N)=C/C2NCCS2)CCCCCC1. The van der Waals surface area contributed by atoms with E-state index >= 15 is 0 Å². The number of hydrogen-bond acceptors (Lipinski definition) is 4. The number of hydrogen-bond donors (Lipinski definition) is 1. The highest BCUT2D eigenvalue weighted by molar-refractivity contribution is 14.1. The van der Waals surface area contributed by atoms with Crippen molar-refractivity contribution in [2.75, 3.05) is 23.3 Å². The van der Waals surface area contributed by atoms with Crippen LogP contribution in [-0.4, -0.2) is 45.5 Å². The van der Waals surface area contributed by atoms with Crippen LogP contribution in [0.1, 0.15) is 90.4 Å². The summed E-state index contributed by atoms with van der Waals surface area (Å²) in [5.41, 5.74) is 0.862. The van der Waals surface area contributed by atoms with E-state index in [2.05, 4.69) is 45.8 Å². The quantitative estimate of drug-likeness (QED) is 0.108. The fourth-order valence-corrected chi connectivity index (χ4v) is 7.44. The molecule has 2 saturated heterocycles. The second-order valence-corrected chi connectivity index (χ2v) is 12.7. The van der Waals surface area contributed by atoms with Gasteiger partial charge in [0, 0.05) is 24.9 Å². The highest BCUT2D eigenvalue weighted by atomic mass is 127. The van der Waals surface area contributed by atoms with Crippen molar-refractivity contribution in [1.82, 2.24) is 10.2 Å². The highest BCUT2D eigenvalue weighted by Crippen LogP contribution is 2.40. The Kier molecular flexibility index (Phi) is 11.2. The summed E-state index contributed by atoms with van der Waals surface area (Å²) in [6, 6.07) is 2.53. The van der Waals surface area contributed by atoms with Crippen LogP contribution in [0.25, 0.3) is 0 Å². The Morgan fingerprint density at radius 2 is 2.00 bits per heavy atom. The van der Waals surface area contributed by atoms with Gasteiger partial charge in [0.05, 0.1) is 5.37 Å². The summed E-state index contributed by atoms with van der Waals surface area (Å²) < 4.78 is 1.18. The molecule has 0 aromatic carbocycles. The van der Waals surface area contributed by atoms with E-state index in [1.165, 1.54) is 75.1 Å². The minimum absolute atomic E-state index is 0.0282. The van der Waals surface area contributed by atoms with Crippen molar-refractivity contribution >= 4 is 40.3 Å². The Bertz CT molecular complexity index is 662. The maximum absolute atomic E-state index is 13.4. The van der Waals surface area contributed by atoms with E-state index in [4.69, 9.17) is 0 Å². The van der Waals surface area contributed by atoms with E-state index in [-0.39, 0.29) is 11.3 Å². The van der Waals surface area contributed by atoms with Crippen LogP contribution < -0.4 is 5.32 Å². The minimum atomic E-state index is -0.0282. The topological polar surface area (TPSA) is 56.1 Å². The standard InChI is InChI=1S/C26H42IN3OS/c1-26(12-4-2-3-5-13-26)14-6-9-21(10-7-15-27)23-11-8-17-30(23)25(31)22(20-28)19-24-29-16-18-32-24/h19,21,23-24,29H,2-18H2,1H3/b22-19+. The van der Waals surface area contributed by atoms with Crippen molar-refractivity contribution in [2.24, 2.45) is 11.3 Å².